The zero-order chi connectivity index (χ0) is 16.1. The van der Waals surface area contributed by atoms with Crippen LogP contribution in [0.5, 0.6) is 0 Å². The van der Waals surface area contributed by atoms with Crippen LogP contribution < -0.4 is 5.32 Å². The van der Waals surface area contributed by atoms with Gasteiger partial charge in [0.05, 0.1) is 11.4 Å². The molecule has 0 radical (unpaired) electrons. The lowest BCUT2D eigenvalue weighted by Crippen LogP contribution is -2.52. The van der Waals surface area contributed by atoms with Crippen molar-refractivity contribution in [3.63, 3.8) is 0 Å². The summed E-state index contributed by atoms with van der Waals surface area (Å²) >= 11 is 1.48. The van der Waals surface area contributed by atoms with Gasteiger partial charge in [-0.15, -0.1) is 11.3 Å². The molecule has 22 heavy (non-hydrogen) atoms. The van der Waals surface area contributed by atoms with Crippen molar-refractivity contribution in [3.8, 4) is 0 Å². The van der Waals surface area contributed by atoms with Crippen LogP contribution in [0.1, 0.15) is 30.4 Å². The molecule has 1 aromatic rings. The molecule has 2 heterocycles. The average Bonchev–Trinajstić information content (AvgIpc) is 3.01. The van der Waals surface area contributed by atoms with Crippen LogP contribution >= 0.6 is 11.3 Å². The highest BCUT2D eigenvalue weighted by Gasteiger charge is 2.24. The molecule has 5 nitrogen and oxygen atoms in total. The molecular weight excluding hydrogens is 298 g/mol. The zero-order valence-electron chi connectivity index (χ0n) is 13.5. The predicted molar refractivity (Wildman–Crippen MR) is 89.1 cm³/mol. The molecule has 0 aliphatic carbocycles. The smallest absolute Gasteiger partial charge is 0.264 e. The van der Waals surface area contributed by atoms with Crippen LogP contribution in [0.3, 0.4) is 0 Å². The second-order valence-electron chi connectivity index (χ2n) is 6.15. The van der Waals surface area contributed by atoms with Gasteiger partial charge in [-0.05, 0) is 24.3 Å². The lowest BCUT2D eigenvalue weighted by atomic mass is 10.1. The second kappa shape index (κ2) is 7.74. The van der Waals surface area contributed by atoms with Crippen molar-refractivity contribution in [2.45, 2.75) is 26.8 Å². The molecule has 1 aliphatic heterocycles. The molecule has 0 spiro atoms. The maximum Gasteiger partial charge on any atom is 0.264 e. The van der Waals surface area contributed by atoms with E-state index >= 15 is 0 Å². The minimum Gasteiger partial charge on any atom is -0.352 e. The van der Waals surface area contributed by atoms with E-state index in [1.165, 1.54) is 11.3 Å². The Morgan fingerprint density at radius 2 is 1.91 bits per heavy atom. The molecule has 0 aromatic carbocycles. The van der Waals surface area contributed by atoms with Gasteiger partial charge in [-0.25, -0.2) is 0 Å². The molecule has 122 valence electrons. The Morgan fingerprint density at radius 1 is 1.23 bits per heavy atom. The van der Waals surface area contributed by atoms with Gasteiger partial charge in [-0.3, -0.25) is 14.5 Å². The molecule has 1 aromatic heterocycles. The summed E-state index contributed by atoms with van der Waals surface area (Å²) in [7, 11) is 0. The first-order valence-electron chi connectivity index (χ1n) is 7.82. The summed E-state index contributed by atoms with van der Waals surface area (Å²) in [4.78, 5) is 29.0. The fourth-order valence-electron chi connectivity index (χ4n) is 2.33. The Kier molecular flexibility index (Phi) is 5.97. The predicted octanol–water partition coefficient (Wildman–Crippen LogP) is 1.67. The molecule has 1 atom stereocenters. The summed E-state index contributed by atoms with van der Waals surface area (Å²) in [5.41, 5.74) is 0. The first-order chi connectivity index (χ1) is 10.5. The number of rotatable bonds is 5. The number of nitrogens with zero attached hydrogens (tertiary/aromatic N) is 2. The van der Waals surface area contributed by atoms with Crippen LogP contribution in [0, 0.1) is 5.92 Å². The topological polar surface area (TPSA) is 52.7 Å². The molecule has 0 bridgehead atoms. The van der Waals surface area contributed by atoms with Crippen LogP contribution in [0.4, 0.5) is 0 Å². The minimum atomic E-state index is 0.0687. The molecule has 2 amide bonds. The normalized spacial score (nSPS) is 17.5. The molecular formula is C16H25N3O2S. The van der Waals surface area contributed by atoms with E-state index in [2.05, 4.69) is 24.1 Å². The van der Waals surface area contributed by atoms with Crippen molar-refractivity contribution in [1.29, 1.82) is 0 Å². The molecule has 1 fully saturated rings. The highest BCUT2D eigenvalue weighted by Crippen LogP contribution is 2.13. The Hall–Kier alpha value is -1.40. The number of hydrogen-bond donors (Lipinski definition) is 1. The third-order valence-corrected chi connectivity index (χ3v) is 5.01. The maximum atomic E-state index is 12.2. The third kappa shape index (κ3) is 4.55. The van der Waals surface area contributed by atoms with Crippen molar-refractivity contribution in [2.24, 2.45) is 5.92 Å². The Balaban J connectivity index is 1.75. The van der Waals surface area contributed by atoms with Gasteiger partial charge in [0.1, 0.15) is 0 Å². The highest BCUT2D eigenvalue weighted by molar-refractivity contribution is 7.12. The highest BCUT2D eigenvalue weighted by atomic mass is 32.1. The first kappa shape index (κ1) is 17.0. The zero-order valence-corrected chi connectivity index (χ0v) is 14.4. The van der Waals surface area contributed by atoms with E-state index < -0.39 is 0 Å². The molecule has 1 saturated heterocycles. The SMILES string of the molecule is CC(C)C(C)NC(=O)CN1CCN(C(=O)c2cccs2)CC1. The van der Waals surface area contributed by atoms with Crippen LogP contribution in [-0.4, -0.2) is 60.4 Å². The van der Waals surface area contributed by atoms with Crippen molar-refractivity contribution in [1.82, 2.24) is 15.1 Å². The van der Waals surface area contributed by atoms with Gasteiger partial charge in [0.15, 0.2) is 0 Å². The van der Waals surface area contributed by atoms with Crippen molar-refractivity contribution in [2.75, 3.05) is 32.7 Å². The number of hydrogen-bond acceptors (Lipinski definition) is 4. The molecule has 0 saturated carbocycles. The maximum absolute atomic E-state index is 12.2. The summed E-state index contributed by atoms with van der Waals surface area (Å²) in [6, 6.07) is 3.95. The lowest BCUT2D eigenvalue weighted by Gasteiger charge is -2.34. The van der Waals surface area contributed by atoms with Crippen LogP contribution in [0.2, 0.25) is 0 Å². The van der Waals surface area contributed by atoms with Crippen LogP contribution in [0.15, 0.2) is 17.5 Å². The average molecular weight is 323 g/mol. The van der Waals surface area contributed by atoms with E-state index in [1.807, 2.05) is 29.3 Å². The van der Waals surface area contributed by atoms with Crippen molar-refractivity contribution >= 4 is 23.2 Å². The summed E-state index contributed by atoms with van der Waals surface area (Å²) in [5, 5.41) is 4.94. The molecule has 1 unspecified atom stereocenters. The monoisotopic (exact) mass is 323 g/mol. The van der Waals surface area contributed by atoms with E-state index in [0.717, 1.165) is 18.0 Å². The van der Waals surface area contributed by atoms with E-state index in [4.69, 9.17) is 0 Å². The quantitative estimate of drug-likeness (QED) is 0.897. The second-order valence-corrected chi connectivity index (χ2v) is 7.09. The third-order valence-electron chi connectivity index (χ3n) is 4.15. The molecule has 6 heteroatoms. The summed E-state index contributed by atoms with van der Waals surface area (Å²) in [5.74, 6) is 0.607. The van der Waals surface area contributed by atoms with Gasteiger partial charge in [-0.1, -0.05) is 19.9 Å². The number of carbonyl (C=O) groups is 2. The lowest BCUT2D eigenvalue weighted by molar-refractivity contribution is -0.123. The first-order valence-corrected chi connectivity index (χ1v) is 8.70. The Labute approximate surface area is 136 Å². The van der Waals surface area contributed by atoms with Crippen LogP contribution in [0.25, 0.3) is 0 Å². The van der Waals surface area contributed by atoms with E-state index in [-0.39, 0.29) is 17.9 Å². The Morgan fingerprint density at radius 3 is 2.45 bits per heavy atom. The van der Waals surface area contributed by atoms with Crippen LogP contribution in [-0.2, 0) is 4.79 Å². The summed E-state index contributed by atoms with van der Waals surface area (Å²) in [6.45, 7) is 9.51. The number of amides is 2. The van der Waals surface area contributed by atoms with Gasteiger partial charge in [0.2, 0.25) is 5.91 Å². The van der Waals surface area contributed by atoms with Gasteiger partial charge in [0.25, 0.3) is 5.91 Å². The molecule has 1 aliphatic rings. The van der Waals surface area contributed by atoms with Gasteiger partial charge in [-0.2, -0.15) is 0 Å². The fraction of sp³-hybridized carbons (Fsp3) is 0.625. The summed E-state index contributed by atoms with van der Waals surface area (Å²) in [6.07, 6.45) is 0. The van der Waals surface area contributed by atoms with Crippen molar-refractivity contribution < 1.29 is 9.59 Å². The van der Waals surface area contributed by atoms with E-state index in [0.29, 0.717) is 25.6 Å². The molecule has 1 N–H and O–H groups in total. The van der Waals surface area contributed by atoms with Gasteiger partial charge >= 0.3 is 0 Å². The summed E-state index contributed by atoms with van der Waals surface area (Å²) < 4.78 is 0. The number of piperazine rings is 1. The fourth-order valence-corrected chi connectivity index (χ4v) is 3.03. The number of thiophene rings is 1. The minimum absolute atomic E-state index is 0.0687. The largest absolute Gasteiger partial charge is 0.352 e. The van der Waals surface area contributed by atoms with Crippen molar-refractivity contribution in [3.05, 3.63) is 22.4 Å². The number of nitrogens with one attached hydrogen (secondary N) is 1. The number of carbonyl (C=O) groups excluding carboxylic acids is 2. The van der Waals surface area contributed by atoms with Gasteiger partial charge < -0.3 is 10.2 Å². The van der Waals surface area contributed by atoms with Gasteiger partial charge in [0, 0.05) is 32.2 Å². The van der Waals surface area contributed by atoms with E-state index in [9.17, 15) is 9.59 Å². The molecule has 2 rings (SSSR count). The van der Waals surface area contributed by atoms with E-state index in [1.54, 1.807) is 0 Å². The Bertz CT molecular complexity index is 493. The standard InChI is InChI=1S/C16H25N3O2S/c1-12(2)13(3)17-15(20)11-18-6-8-19(9-7-18)16(21)14-5-4-10-22-14/h4-5,10,12-13H,6-9,11H2,1-3H3,(H,17,20).